The van der Waals surface area contributed by atoms with Gasteiger partial charge in [0, 0.05) is 6.42 Å². The van der Waals surface area contributed by atoms with E-state index < -0.39 is 34.6 Å². The van der Waals surface area contributed by atoms with Gasteiger partial charge < -0.3 is 15.3 Å². The molecule has 0 saturated carbocycles. The number of aliphatic hydroxyl groups is 1. The Morgan fingerprint density at radius 3 is 2.58 bits per heavy atom. The number of halogens is 3. The number of hydrogen-bond donors (Lipinski definition) is 2. The first-order valence-electron chi connectivity index (χ1n) is 10.1. The van der Waals surface area contributed by atoms with E-state index in [-0.39, 0.29) is 24.3 Å². The van der Waals surface area contributed by atoms with E-state index in [1.165, 1.54) is 17.0 Å². The number of hydrogen-bond acceptors (Lipinski definition) is 4. The van der Waals surface area contributed by atoms with E-state index >= 15 is 0 Å². The Morgan fingerprint density at radius 1 is 1.16 bits per heavy atom. The summed E-state index contributed by atoms with van der Waals surface area (Å²) in [5.74, 6) is -3.68. The van der Waals surface area contributed by atoms with Crippen LogP contribution < -0.4 is 5.32 Å². The molecule has 0 aliphatic carbocycles. The average Bonchev–Trinajstić information content (AvgIpc) is 2.70. The van der Waals surface area contributed by atoms with Crippen LogP contribution in [0.3, 0.4) is 0 Å². The monoisotopic (exact) mass is 431 g/mol. The SMILES string of the molecule is Cc1ccc(Nc2c(C(=O)N3CC(O)(CCCCCC#N)C3)ccc(F)c2F)c(F)c1. The minimum atomic E-state index is -1.28. The number of unbranched alkanes of at least 4 members (excludes halogenated alkanes) is 3. The van der Waals surface area contributed by atoms with E-state index in [2.05, 4.69) is 11.4 Å². The maximum Gasteiger partial charge on any atom is 0.256 e. The van der Waals surface area contributed by atoms with Gasteiger partial charge in [0.15, 0.2) is 11.6 Å². The largest absolute Gasteiger partial charge is 0.386 e. The topological polar surface area (TPSA) is 76.4 Å². The summed E-state index contributed by atoms with van der Waals surface area (Å²) in [6.45, 7) is 1.84. The van der Waals surface area contributed by atoms with Gasteiger partial charge in [0.2, 0.25) is 0 Å². The van der Waals surface area contributed by atoms with Gasteiger partial charge in [-0.2, -0.15) is 5.26 Å². The Balaban J connectivity index is 1.72. The highest BCUT2D eigenvalue weighted by atomic mass is 19.2. The number of carbonyl (C=O) groups is 1. The molecule has 31 heavy (non-hydrogen) atoms. The van der Waals surface area contributed by atoms with Crippen molar-refractivity contribution in [2.75, 3.05) is 18.4 Å². The lowest BCUT2D eigenvalue weighted by Crippen LogP contribution is -2.63. The van der Waals surface area contributed by atoms with Crippen molar-refractivity contribution in [3.8, 4) is 6.07 Å². The van der Waals surface area contributed by atoms with E-state index in [0.717, 1.165) is 31.4 Å². The predicted molar refractivity (Wildman–Crippen MR) is 110 cm³/mol. The summed E-state index contributed by atoms with van der Waals surface area (Å²) in [5, 5.41) is 21.6. The number of nitrogens with one attached hydrogen (secondary N) is 1. The van der Waals surface area contributed by atoms with Crippen LogP contribution in [-0.4, -0.2) is 34.6 Å². The smallest absolute Gasteiger partial charge is 0.256 e. The molecule has 0 bridgehead atoms. The van der Waals surface area contributed by atoms with Crippen molar-refractivity contribution in [2.24, 2.45) is 0 Å². The Morgan fingerprint density at radius 2 is 1.90 bits per heavy atom. The zero-order valence-electron chi connectivity index (χ0n) is 17.2. The molecule has 0 atom stereocenters. The summed E-state index contributed by atoms with van der Waals surface area (Å²) < 4.78 is 42.6. The van der Waals surface area contributed by atoms with Crippen molar-refractivity contribution in [1.82, 2.24) is 4.90 Å². The van der Waals surface area contributed by atoms with E-state index in [1.54, 1.807) is 13.0 Å². The first-order chi connectivity index (χ1) is 14.7. The van der Waals surface area contributed by atoms with Gasteiger partial charge in [0.05, 0.1) is 41.7 Å². The third kappa shape index (κ3) is 5.17. The highest BCUT2D eigenvalue weighted by molar-refractivity contribution is 6.01. The van der Waals surface area contributed by atoms with Gasteiger partial charge in [0.25, 0.3) is 5.91 Å². The van der Waals surface area contributed by atoms with Crippen LogP contribution in [0.4, 0.5) is 24.5 Å². The Kier molecular flexibility index (Phi) is 6.86. The van der Waals surface area contributed by atoms with E-state index in [9.17, 15) is 23.1 Å². The molecule has 1 saturated heterocycles. The first kappa shape index (κ1) is 22.6. The van der Waals surface area contributed by atoms with Crippen molar-refractivity contribution in [2.45, 2.75) is 44.6 Å². The lowest BCUT2D eigenvalue weighted by molar-refractivity contribution is -0.0869. The van der Waals surface area contributed by atoms with E-state index in [4.69, 9.17) is 5.26 Å². The second kappa shape index (κ2) is 9.40. The Hall–Kier alpha value is -3.05. The third-order valence-electron chi connectivity index (χ3n) is 5.40. The molecule has 2 aromatic rings. The number of nitriles is 1. The summed E-state index contributed by atoms with van der Waals surface area (Å²) in [4.78, 5) is 14.2. The van der Waals surface area contributed by atoms with Crippen LogP contribution >= 0.6 is 0 Å². The van der Waals surface area contributed by atoms with Crippen molar-refractivity contribution < 1.29 is 23.1 Å². The predicted octanol–water partition coefficient (Wildman–Crippen LogP) is 4.82. The van der Waals surface area contributed by atoms with Crippen LogP contribution in [0.5, 0.6) is 0 Å². The number of benzene rings is 2. The molecule has 3 rings (SSSR count). The second-order valence-electron chi connectivity index (χ2n) is 8.00. The maximum atomic E-state index is 14.5. The summed E-state index contributed by atoms with van der Waals surface area (Å²) in [6, 6.07) is 8.30. The summed E-state index contributed by atoms with van der Waals surface area (Å²) in [6.07, 6.45) is 3.25. The second-order valence-corrected chi connectivity index (χ2v) is 8.00. The molecule has 5 nitrogen and oxygen atoms in total. The molecule has 1 heterocycles. The fourth-order valence-corrected chi connectivity index (χ4v) is 3.68. The molecule has 8 heteroatoms. The minimum Gasteiger partial charge on any atom is -0.386 e. The standard InChI is InChI=1S/C23H24F3N3O2/c1-15-6-9-19(18(25)12-15)28-21-16(7-8-17(24)20(21)26)22(30)29-13-23(31,14-29)10-4-2-3-5-11-27/h6-9,12,28,31H,2-5,10,13-14H2,1H3. The molecule has 1 amide bonds. The highest BCUT2D eigenvalue weighted by Crippen LogP contribution is 2.33. The van der Waals surface area contributed by atoms with E-state index in [1.807, 2.05) is 0 Å². The van der Waals surface area contributed by atoms with Crippen LogP contribution in [0.2, 0.25) is 0 Å². The van der Waals surface area contributed by atoms with Crippen molar-refractivity contribution in [1.29, 1.82) is 5.26 Å². The van der Waals surface area contributed by atoms with Crippen LogP contribution in [0.25, 0.3) is 0 Å². The third-order valence-corrected chi connectivity index (χ3v) is 5.40. The number of likely N-dealkylation sites (tertiary alicyclic amines) is 1. The molecule has 1 aliphatic rings. The Labute approximate surface area is 179 Å². The number of anilines is 2. The van der Waals surface area contributed by atoms with Gasteiger partial charge in [-0.05, 0) is 49.6 Å². The summed E-state index contributed by atoms with van der Waals surface area (Å²) in [5.41, 5.74) is -1.04. The van der Waals surface area contributed by atoms with Gasteiger partial charge in [-0.25, -0.2) is 13.2 Å². The lowest BCUT2D eigenvalue weighted by Gasteiger charge is -2.46. The lowest BCUT2D eigenvalue weighted by atomic mass is 9.87. The highest BCUT2D eigenvalue weighted by Gasteiger charge is 2.43. The fraction of sp³-hybridized carbons (Fsp3) is 0.391. The normalized spacial score (nSPS) is 14.6. The number of nitrogens with zero attached hydrogens (tertiary/aromatic N) is 2. The molecule has 2 N–H and O–H groups in total. The van der Waals surface area contributed by atoms with Gasteiger partial charge >= 0.3 is 0 Å². The van der Waals surface area contributed by atoms with Crippen LogP contribution in [0, 0.1) is 35.7 Å². The molecule has 0 spiro atoms. The zero-order chi connectivity index (χ0) is 22.6. The maximum absolute atomic E-state index is 14.5. The number of rotatable bonds is 8. The van der Waals surface area contributed by atoms with Crippen LogP contribution in [-0.2, 0) is 0 Å². The van der Waals surface area contributed by atoms with Crippen molar-refractivity contribution in [3.63, 3.8) is 0 Å². The molecule has 0 radical (unpaired) electrons. The number of amides is 1. The van der Waals surface area contributed by atoms with Crippen molar-refractivity contribution in [3.05, 3.63) is 58.9 Å². The molecule has 1 aliphatic heterocycles. The molecule has 2 aromatic carbocycles. The number of β-amino-alcohol motifs (C(OH)–C–C–N with tert-alkyl or cyclic N) is 1. The summed E-state index contributed by atoms with van der Waals surface area (Å²) in [7, 11) is 0. The molecular weight excluding hydrogens is 407 g/mol. The molecular formula is C23H24F3N3O2. The van der Waals surface area contributed by atoms with Gasteiger partial charge in [0.1, 0.15) is 5.82 Å². The molecule has 0 aromatic heterocycles. The van der Waals surface area contributed by atoms with Gasteiger partial charge in [-0.1, -0.05) is 18.9 Å². The molecule has 164 valence electrons. The minimum absolute atomic E-state index is 0.0708. The first-order valence-corrected chi connectivity index (χ1v) is 10.1. The molecule has 0 unspecified atom stereocenters. The summed E-state index contributed by atoms with van der Waals surface area (Å²) >= 11 is 0. The quantitative estimate of drug-likeness (QED) is 0.588. The van der Waals surface area contributed by atoms with Gasteiger partial charge in [-0.3, -0.25) is 4.79 Å². The van der Waals surface area contributed by atoms with Crippen LogP contribution in [0.15, 0.2) is 30.3 Å². The zero-order valence-corrected chi connectivity index (χ0v) is 17.2. The fourth-order valence-electron chi connectivity index (χ4n) is 3.68. The Bertz CT molecular complexity index is 1010. The number of carbonyl (C=O) groups excluding carboxylic acids is 1. The van der Waals surface area contributed by atoms with Crippen molar-refractivity contribution >= 4 is 17.3 Å². The average molecular weight is 431 g/mol. The molecule has 1 fully saturated rings. The van der Waals surface area contributed by atoms with Crippen LogP contribution in [0.1, 0.15) is 48.0 Å². The van der Waals surface area contributed by atoms with E-state index in [0.29, 0.717) is 18.4 Å². The number of aryl methyl sites for hydroxylation is 1. The van der Waals surface area contributed by atoms with Gasteiger partial charge in [-0.15, -0.1) is 0 Å².